The van der Waals surface area contributed by atoms with Gasteiger partial charge in [0.15, 0.2) is 0 Å². The lowest BCUT2D eigenvalue weighted by molar-refractivity contribution is -0.137. The van der Waals surface area contributed by atoms with Crippen molar-refractivity contribution in [3.63, 3.8) is 0 Å². The Kier molecular flexibility index (Phi) is 6.35. The van der Waals surface area contributed by atoms with E-state index in [9.17, 15) is 18.0 Å². The van der Waals surface area contributed by atoms with E-state index in [2.05, 4.69) is 0 Å². The summed E-state index contributed by atoms with van der Waals surface area (Å²) in [6, 6.07) is 13.2. The Morgan fingerprint density at radius 1 is 1.06 bits per heavy atom. The Balaban J connectivity index is 1.36. The van der Waals surface area contributed by atoms with Gasteiger partial charge in [0.2, 0.25) is 0 Å². The van der Waals surface area contributed by atoms with Gasteiger partial charge in [0.25, 0.3) is 5.91 Å². The van der Waals surface area contributed by atoms with Gasteiger partial charge in [0.1, 0.15) is 5.60 Å². The summed E-state index contributed by atoms with van der Waals surface area (Å²) in [5.41, 5.74) is 1.84. The largest absolute Gasteiger partial charge is 0.416 e. The molecule has 0 aromatic heterocycles. The molecule has 2 aromatic carbocycles. The van der Waals surface area contributed by atoms with Crippen LogP contribution < -0.4 is 0 Å². The summed E-state index contributed by atoms with van der Waals surface area (Å²) in [5, 5.41) is 0. The average molecular weight is 450 g/mol. The van der Waals surface area contributed by atoms with E-state index in [0.29, 0.717) is 25.3 Å². The van der Waals surface area contributed by atoms with Crippen LogP contribution in [-0.2, 0) is 16.5 Å². The molecule has 7 heteroatoms. The number of ether oxygens (including phenoxy) is 1. The molecule has 2 aliphatic heterocycles. The molecule has 0 spiro atoms. The van der Waals surface area contributed by atoms with Crippen LogP contribution in [0.3, 0.4) is 0 Å². The van der Waals surface area contributed by atoms with E-state index in [-0.39, 0.29) is 17.4 Å². The van der Waals surface area contributed by atoms with Gasteiger partial charge in [-0.3, -0.25) is 4.79 Å². The van der Waals surface area contributed by atoms with Gasteiger partial charge in [-0.1, -0.05) is 24.3 Å². The molecule has 1 amide bonds. The quantitative estimate of drug-likeness (QED) is 0.586. The average Bonchev–Trinajstić information content (AvgIpc) is 2.75. The van der Waals surface area contributed by atoms with E-state index in [4.69, 9.17) is 4.74 Å². The highest BCUT2D eigenvalue weighted by molar-refractivity contribution is 8.00. The Hall–Kier alpha value is -1.99. The number of amides is 1. The van der Waals surface area contributed by atoms with E-state index >= 15 is 0 Å². The highest BCUT2D eigenvalue weighted by atomic mass is 32.2. The van der Waals surface area contributed by atoms with Crippen LogP contribution in [0.25, 0.3) is 0 Å². The van der Waals surface area contributed by atoms with Gasteiger partial charge in [-0.2, -0.15) is 24.9 Å². The number of halogens is 3. The zero-order valence-corrected chi connectivity index (χ0v) is 18.3. The molecule has 2 saturated heterocycles. The molecular weight excluding hydrogens is 423 g/mol. The van der Waals surface area contributed by atoms with Gasteiger partial charge in [-0.05, 0) is 61.1 Å². The fraction of sp³-hybridized carbons (Fsp3) is 0.458. The molecule has 2 fully saturated rings. The number of carbonyl (C=O) groups excluding carboxylic acids is 1. The number of hydrogen-bond donors (Lipinski definition) is 0. The smallest absolute Gasteiger partial charge is 0.369 e. The lowest BCUT2D eigenvalue weighted by Gasteiger charge is -2.41. The molecule has 166 valence electrons. The molecule has 0 N–H and O–H groups in total. The maximum absolute atomic E-state index is 12.9. The summed E-state index contributed by atoms with van der Waals surface area (Å²) in [5.74, 6) is 2.05. The third-order valence-corrected chi connectivity index (χ3v) is 7.58. The number of nitrogens with zero attached hydrogens (tertiary/aromatic N) is 1. The first-order valence-electron chi connectivity index (χ1n) is 10.6. The number of alkyl halides is 3. The van der Waals surface area contributed by atoms with Crippen LogP contribution in [0.15, 0.2) is 48.5 Å². The first-order chi connectivity index (χ1) is 14.8. The fourth-order valence-corrected chi connectivity index (χ4v) is 5.43. The number of rotatable bonds is 5. The Morgan fingerprint density at radius 3 is 2.16 bits per heavy atom. The Labute approximate surface area is 185 Å². The summed E-state index contributed by atoms with van der Waals surface area (Å²) in [7, 11) is 0. The molecule has 31 heavy (non-hydrogen) atoms. The van der Waals surface area contributed by atoms with Crippen molar-refractivity contribution in [2.24, 2.45) is 0 Å². The van der Waals surface area contributed by atoms with Crippen molar-refractivity contribution in [3.05, 3.63) is 70.8 Å². The number of carbonyl (C=O) groups is 1. The highest BCUT2D eigenvalue weighted by Crippen LogP contribution is 2.42. The van der Waals surface area contributed by atoms with Crippen LogP contribution in [0, 0.1) is 0 Å². The molecule has 3 nitrogen and oxygen atoms in total. The summed E-state index contributed by atoms with van der Waals surface area (Å²) in [6.07, 6.45) is -2.82. The van der Waals surface area contributed by atoms with Gasteiger partial charge in [-0.15, -0.1) is 0 Å². The number of likely N-dealkylation sites (tertiary alicyclic amines) is 1. The highest BCUT2D eigenvalue weighted by Gasteiger charge is 2.40. The Morgan fingerprint density at radius 2 is 1.68 bits per heavy atom. The standard InChI is InChI=1S/C24H26F3NO2S/c1-2-30-23(15-31-16-23)20-7-5-19(6-8-20)22(29)28-13-11-18(12-14-28)17-3-9-21(10-4-17)24(25,26)27/h3-10,18H,2,11-16H2,1H3. The van der Waals surface area contributed by atoms with E-state index in [1.54, 1.807) is 12.1 Å². The van der Waals surface area contributed by atoms with Gasteiger partial charge >= 0.3 is 6.18 Å². The summed E-state index contributed by atoms with van der Waals surface area (Å²) >= 11 is 1.86. The summed E-state index contributed by atoms with van der Waals surface area (Å²) < 4.78 is 44.3. The first kappa shape index (κ1) is 22.2. The second-order valence-electron chi connectivity index (χ2n) is 8.18. The fourth-order valence-electron chi connectivity index (χ4n) is 4.36. The zero-order valence-electron chi connectivity index (χ0n) is 17.5. The molecule has 0 aliphatic carbocycles. The molecule has 0 atom stereocenters. The summed E-state index contributed by atoms with van der Waals surface area (Å²) in [6.45, 7) is 3.86. The minimum atomic E-state index is -4.32. The molecule has 0 radical (unpaired) electrons. The van der Waals surface area contributed by atoms with Crippen molar-refractivity contribution in [1.82, 2.24) is 4.90 Å². The van der Waals surface area contributed by atoms with Crippen molar-refractivity contribution < 1.29 is 22.7 Å². The van der Waals surface area contributed by atoms with Gasteiger partial charge in [0, 0.05) is 36.8 Å². The molecule has 2 aromatic rings. The SMILES string of the molecule is CCOC1(c2ccc(C(=O)N3CCC(c4ccc(C(F)(F)F)cc4)CC3)cc2)CSC1. The van der Waals surface area contributed by atoms with Gasteiger partial charge in [-0.25, -0.2) is 0 Å². The van der Waals surface area contributed by atoms with E-state index in [0.717, 1.165) is 47.6 Å². The normalized spacial score (nSPS) is 19.2. The molecule has 0 unspecified atom stereocenters. The van der Waals surface area contributed by atoms with Crippen molar-refractivity contribution >= 4 is 17.7 Å². The second-order valence-corrected chi connectivity index (χ2v) is 9.17. The first-order valence-corrected chi connectivity index (χ1v) is 11.8. The van der Waals surface area contributed by atoms with Crippen molar-refractivity contribution in [2.75, 3.05) is 31.2 Å². The predicted molar refractivity (Wildman–Crippen MR) is 116 cm³/mol. The molecule has 2 heterocycles. The number of benzene rings is 2. The zero-order chi connectivity index (χ0) is 22.1. The van der Waals surface area contributed by atoms with Crippen molar-refractivity contribution in [3.8, 4) is 0 Å². The third-order valence-electron chi connectivity index (χ3n) is 6.24. The van der Waals surface area contributed by atoms with Crippen LogP contribution in [0.2, 0.25) is 0 Å². The second kappa shape index (κ2) is 8.87. The topological polar surface area (TPSA) is 29.5 Å². The lowest BCUT2D eigenvalue weighted by Crippen LogP contribution is -2.43. The van der Waals surface area contributed by atoms with Crippen molar-refractivity contribution in [2.45, 2.75) is 37.5 Å². The Bertz CT molecular complexity index is 900. The molecule has 0 bridgehead atoms. The van der Waals surface area contributed by atoms with Crippen molar-refractivity contribution in [1.29, 1.82) is 0 Å². The van der Waals surface area contributed by atoms with E-state index in [1.165, 1.54) is 0 Å². The maximum atomic E-state index is 12.9. The summed E-state index contributed by atoms with van der Waals surface area (Å²) in [4.78, 5) is 14.8. The van der Waals surface area contributed by atoms with E-state index in [1.807, 2.05) is 47.9 Å². The van der Waals surface area contributed by atoms with Crippen LogP contribution in [0.1, 0.15) is 52.7 Å². The number of thioether (sulfide) groups is 1. The predicted octanol–water partition coefficient (Wildman–Crippen LogP) is 5.70. The minimum Gasteiger partial charge on any atom is -0.369 e. The van der Waals surface area contributed by atoms with Crippen LogP contribution in [0.4, 0.5) is 13.2 Å². The molecule has 2 aliphatic rings. The number of piperidine rings is 1. The minimum absolute atomic E-state index is 0.00543. The molecular formula is C24H26F3NO2S. The molecule has 0 saturated carbocycles. The molecule has 4 rings (SSSR count). The van der Waals surface area contributed by atoms with Crippen LogP contribution in [-0.4, -0.2) is 42.0 Å². The number of hydrogen-bond acceptors (Lipinski definition) is 3. The van der Waals surface area contributed by atoms with Gasteiger partial charge < -0.3 is 9.64 Å². The van der Waals surface area contributed by atoms with Crippen LogP contribution >= 0.6 is 11.8 Å². The lowest BCUT2D eigenvalue weighted by atomic mass is 9.88. The van der Waals surface area contributed by atoms with Crippen LogP contribution in [0.5, 0.6) is 0 Å². The van der Waals surface area contributed by atoms with Gasteiger partial charge in [0.05, 0.1) is 5.56 Å². The maximum Gasteiger partial charge on any atom is 0.416 e. The van der Waals surface area contributed by atoms with E-state index < -0.39 is 11.7 Å². The third kappa shape index (κ3) is 4.62. The monoisotopic (exact) mass is 449 g/mol.